The summed E-state index contributed by atoms with van der Waals surface area (Å²) >= 11 is 0. The average Bonchev–Trinajstić information content (AvgIpc) is 3.12. The summed E-state index contributed by atoms with van der Waals surface area (Å²) in [5.41, 5.74) is 10.2. The van der Waals surface area contributed by atoms with Crippen LogP contribution in [0.1, 0.15) is 129 Å². The molecule has 0 aromatic rings. The van der Waals surface area contributed by atoms with Crippen molar-refractivity contribution in [2.24, 2.45) is 17.8 Å². The molecule has 2 saturated carbocycles. The van der Waals surface area contributed by atoms with Crippen molar-refractivity contribution in [1.29, 1.82) is 0 Å². The summed E-state index contributed by atoms with van der Waals surface area (Å²) in [5.74, 6) is 3.39. The van der Waals surface area contributed by atoms with Crippen molar-refractivity contribution in [3.8, 4) is 0 Å². The summed E-state index contributed by atoms with van der Waals surface area (Å²) < 4.78 is 0. The zero-order valence-electron chi connectivity index (χ0n) is 29.2. The van der Waals surface area contributed by atoms with Gasteiger partial charge in [0.2, 0.25) is 0 Å². The minimum absolute atomic E-state index is 0.458. The lowest BCUT2D eigenvalue weighted by molar-refractivity contribution is 0.177. The van der Waals surface area contributed by atoms with E-state index < -0.39 is 0 Å². The first-order chi connectivity index (χ1) is 22.6. The highest BCUT2D eigenvalue weighted by Crippen LogP contribution is 2.55. The van der Waals surface area contributed by atoms with Crippen LogP contribution in [0.15, 0.2) is 82.6 Å². The van der Waals surface area contributed by atoms with Crippen LogP contribution in [0.4, 0.5) is 0 Å². The Morgan fingerprint density at radius 3 is 2.39 bits per heavy atom. The largest absolute Gasteiger partial charge is 0.362 e. The van der Waals surface area contributed by atoms with Crippen molar-refractivity contribution in [2.75, 3.05) is 0 Å². The van der Waals surface area contributed by atoms with E-state index in [0.29, 0.717) is 48.4 Å². The Labute approximate surface area is 281 Å². The fourth-order valence-electron chi connectivity index (χ4n) is 11.8. The highest BCUT2D eigenvalue weighted by atomic mass is 15.2. The van der Waals surface area contributed by atoms with Crippen LogP contribution in [0, 0.1) is 17.8 Å². The number of fused-ring (bicyclic) bond motifs is 2. The fraction of sp³-hybridized carbons (Fsp3) is 0.674. The van der Waals surface area contributed by atoms with Gasteiger partial charge in [-0.3, -0.25) is 0 Å². The lowest BCUT2D eigenvalue weighted by atomic mass is 9.23. The lowest BCUT2D eigenvalue weighted by Crippen LogP contribution is -2.65. The van der Waals surface area contributed by atoms with Crippen LogP contribution in [0.5, 0.6) is 0 Å². The number of rotatable bonds is 6. The second kappa shape index (κ2) is 13.5. The smallest absolute Gasteiger partial charge is 0.189 e. The number of nitrogens with zero attached hydrogens (tertiary/aromatic N) is 1. The second-order valence-corrected chi connectivity index (χ2v) is 16.9. The Kier molecular flexibility index (Phi) is 9.17. The van der Waals surface area contributed by atoms with Gasteiger partial charge in [-0.25, -0.2) is 0 Å². The van der Waals surface area contributed by atoms with Crippen molar-refractivity contribution in [3.63, 3.8) is 0 Å². The van der Waals surface area contributed by atoms with E-state index in [1.54, 1.807) is 27.9 Å². The molecule has 6 aliphatic carbocycles. The summed E-state index contributed by atoms with van der Waals surface area (Å²) in [7, 11) is 0. The molecule has 246 valence electrons. The van der Waals surface area contributed by atoms with Crippen LogP contribution < -0.4 is 5.32 Å². The number of hydrogen-bond acceptors (Lipinski definition) is 2. The van der Waals surface area contributed by atoms with Crippen molar-refractivity contribution in [3.05, 3.63) is 82.6 Å². The van der Waals surface area contributed by atoms with E-state index >= 15 is 0 Å². The molecule has 1 saturated heterocycles. The Morgan fingerprint density at radius 1 is 0.891 bits per heavy atom. The molecule has 0 spiro atoms. The third-order valence-electron chi connectivity index (χ3n) is 14.0. The number of hydrogen-bond donors (Lipinski definition) is 1. The third kappa shape index (κ3) is 5.73. The van der Waals surface area contributed by atoms with E-state index in [0.717, 1.165) is 18.3 Å². The molecule has 6 unspecified atom stereocenters. The molecule has 2 nitrogen and oxygen atoms in total. The maximum atomic E-state index is 4.55. The molecule has 2 aliphatic heterocycles. The van der Waals surface area contributed by atoms with Gasteiger partial charge in [-0.15, -0.1) is 6.58 Å². The van der Waals surface area contributed by atoms with Crippen molar-refractivity contribution >= 4 is 6.71 Å². The lowest BCUT2D eigenvalue weighted by Gasteiger charge is -2.59. The Bertz CT molecular complexity index is 1340. The Hall–Kier alpha value is -2.00. The molecular weight excluding hydrogens is 555 g/mol. The molecule has 0 aromatic heterocycles. The quantitative estimate of drug-likeness (QED) is 0.236. The monoisotopic (exact) mass is 616 g/mol. The predicted molar refractivity (Wildman–Crippen MR) is 197 cm³/mol. The molecule has 6 atom stereocenters. The van der Waals surface area contributed by atoms with Gasteiger partial charge < -0.3 is 10.2 Å². The molecule has 0 amide bonds. The Balaban J connectivity index is 1.26. The first kappa shape index (κ1) is 31.3. The van der Waals surface area contributed by atoms with E-state index in [1.165, 1.54) is 109 Å². The van der Waals surface area contributed by atoms with Gasteiger partial charge in [0, 0.05) is 23.8 Å². The number of allylic oxidation sites excluding steroid dienone is 6. The van der Waals surface area contributed by atoms with Gasteiger partial charge in [0.1, 0.15) is 0 Å². The minimum atomic E-state index is 0.458. The van der Waals surface area contributed by atoms with Crippen molar-refractivity contribution in [1.82, 2.24) is 10.2 Å². The van der Waals surface area contributed by atoms with Crippen LogP contribution >= 0.6 is 0 Å². The zero-order chi connectivity index (χ0) is 31.2. The van der Waals surface area contributed by atoms with Gasteiger partial charge in [-0.05, 0) is 129 Å². The molecule has 3 fully saturated rings. The second-order valence-electron chi connectivity index (χ2n) is 16.9. The molecule has 0 bridgehead atoms. The van der Waals surface area contributed by atoms with Crippen molar-refractivity contribution in [2.45, 2.75) is 165 Å². The average molecular weight is 617 g/mol. The SMILES string of the molecule is C=CC1B2C3=C(C=C(C4=CCCCC4)CC3NC1C(C)C)N(C1C=C(C3CCCCC3)C=CC1)C1CC(C3CCCCC3)=CCC21. The third-order valence-corrected chi connectivity index (χ3v) is 14.0. The van der Waals surface area contributed by atoms with Gasteiger partial charge >= 0.3 is 0 Å². The predicted octanol–water partition coefficient (Wildman–Crippen LogP) is 10.8. The molecule has 46 heavy (non-hydrogen) atoms. The fourth-order valence-corrected chi connectivity index (χ4v) is 11.8. The van der Waals surface area contributed by atoms with Gasteiger partial charge in [0.25, 0.3) is 0 Å². The van der Waals surface area contributed by atoms with E-state index in [4.69, 9.17) is 0 Å². The van der Waals surface area contributed by atoms with Crippen LogP contribution in [0.2, 0.25) is 11.6 Å². The highest BCUT2D eigenvalue weighted by Gasteiger charge is 2.56. The first-order valence-corrected chi connectivity index (χ1v) is 20.0. The molecule has 2 heterocycles. The summed E-state index contributed by atoms with van der Waals surface area (Å²) in [5, 5.41) is 4.32. The van der Waals surface area contributed by atoms with Crippen LogP contribution in [-0.4, -0.2) is 35.8 Å². The summed E-state index contributed by atoms with van der Waals surface area (Å²) in [6, 6.07) is 2.03. The molecule has 3 heteroatoms. The van der Waals surface area contributed by atoms with Gasteiger partial charge in [0.15, 0.2) is 6.71 Å². The molecule has 1 N–H and O–H groups in total. The minimum Gasteiger partial charge on any atom is -0.362 e. The molecule has 8 rings (SSSR count). The standard InChI is InChI=1S/C43H61BN2/c1-4-37-43(29(2)3)45-39-26-35(32-19-12-7-13-20-32)28-41-42(39)44(37)38-24-23-34(31-17-10-6-11-18-31)27-40(38)46(41)36-22-14-21-33(25-36)30-15-8-5-9-16-30/h4,14,19,21,23,25,28-31,36-40,43,45H,1,5-13,15-18,20,22,24,26-27H2,2-3H3. The first-order valence-electron chi connectivity index (χ1n) is 20.0. The molecule has 0 aromatic carbocycles. The normalized spacial score (nSPS) is 35.6. The Morgan fingerprint density at radius 2 is 1.67 bits per heavy atom. The van der Waals surface area contributed by atoms with Crippen LogP contribution in [0.3, 0.4) is 0 Å². The summed E-state index contributed by atoms with van der Waals surface area (Å²) in [6.45, 7) is 10.1. The number of nitrogens with one attached hydrogen (secondary N) is 1. The van der Waals surface area contributed by atoms with E-state index in [1.807, 2.05) is 5.57 Å². The van der Waals surface area contributed by atoms with Gasteiger partial charge in [-0.1, -0.05) is 99.9 Å². The van der Waals surface area contributed by atoms with Crippen LogP contribution in [0.25, 0.3) is 0 Å². The highest BCUT2D eigenvalue weighted by molar-refractivity contribution is 6.71. The van der Waals surface area contributed by atoms with E-state index in [2.05, 4.69) is 73.2 Å². The van der Waals surface area contributed by atoms with Gasteiger partial charge in [-0.2, -0.15) is 0 Å². The zero-order valence-corrected chi connectivity index (χ0v) is 29.2. The molecule has 8 aliphatic rings. The van der Waals surface area contributed by atoms with Gasteiger partial charge in [0.05, 0.1) is 6.04 Å². The summed E-state index contributed by atoms with van der Waals surface area (Å²) in [4.78, 5) is 3.08. The topological polar surface area (TPSA) is 15.3 Å². The van der Waals surface area contributed by atoms with E-state index in [-0.39, 0.29) is 0 Å². The van der Waals surface area contributed by atoms with E-state index in [9.17, 15) is 0 Å². The molecular formula is C43H61BN2. The molecule has 0 radical (unpaired) electrons. The maximum Gasteiger partial charge on any atom is 0.189 e. The van der Waals surface area contributed by atoms with Crippen molar-refractivity contribution < 1.29 is 0 Å². The van der Waals surface area contributed by atoms with Crippen LogP contribution in [-0.2, 0) is 0 Å². The summed E-state index contributed by atoms with van der Waals surface area (Å²) in [6.07, 6.45) is 42.7. The maximum absolute atomic E-state index is 4.55.